The molecule has 0 bridgehead atoms. The summed E-state index contributed by atoms with van der Waals surface area (Å²) in [7, 11) is 4.01. The number of anilines is 3. The number of nitrogens with zero attached hydrogens (tertiary/aromatic N) is 5. The van der Waals surface area contributed by atoms with Crippen LogP contribution in [0.25, 0.3) is 0 Å². The number of rotatable bonds is 3. The minimum absolute atomic E-state index is 0.951. The SMILES string of the molecule is Cc1ccc(C)c(N2CCN(c3cc(N(C)C)ncn3)CC2)c1. The summed E-state index contributed by atoms with van der Waals surface area (Å²) in [5.74, 6) is 1.97. The van der Waals surface area contributed by atoms with Crippen molar-refractivity contribution < 1.29 is 0 Å². The van der Waals surface area contributed by atoms with Gasteiger partial charge in [0.05, 0.1) is 0 Å². The van der Waals surface area contributed by atoms with E-state index in [0.29, 0.717) is 0 Å². The average Bonchev–Trinajstić information content (AvgIpc) is 2.57. The summed E-state index contributed by atoms with van der Waals surface area (Å²) in [6.07, 6.45) is 1.65. The van der Waals surface area contributed by atoms with Crippen LogP contribution < -0.4 is 14.7 Å². The van der Waals surface area contributed by atoms with Crippen LogP contribution in [0.15, 0.2) is 30.6 Å². The Bertz CT molecular complexity index is 675. The van der Waals surface area contributed by atoms with Gasteiger partial charge in [0.15, 0.2) is 0 Å². The monoisotopic (exact) mass is 311 g/mol. The van der Waals surface area contributed by atoms with E-state index >= 15 is 0 Å². The predicted molar refractivity (Wildman–Crippen MR) is 96.7 cm³/mol. The van der Waals surface area contributed by atoms with Crippen LogP contribution in [-0.2, 0) is 0 Å². The number of hydrogen-bond donors (Lipinski definition) is 0. The molecule has 0 N–H and O–H groups in total. The van der Waals surface area contributed by atoms with Gasteiger partial charge in [0.25, 0.3) is 0 Å². The maximum Gasteiger partial charge on any atom is 0.134 e. The summed E-state index contributed by atoms with van der Waals surface area (Å²) in [6, 6.07) is 8.75. The lowest BCUT2D eigenvalue weighted by Gasteiger charge is -2.37. The molecule has 1 fully saturated rings. The largest absolute Gasteiger partial charge is 0.368 e. The molecule has 1 aromatic heterocycles. The second-order valence-electron chi connectivity index (χ2n) is 6.39. The predicted octanol–water partition coefficient (Wildman–Crippen LogP) is 2.49. The Hall–Kier alpha value is -2.30. The molecule has 3 rings (SSSR count). The third-order valence-corrected chi connectivity index (χ3v) is 4.41. The first-order valence-corrected chi connectivity index (χ1v) is 8.11. The summed E-state index contributed by atoms with van der Waals surface area (Å²) >= 11 is 0. The van der Waals surface area contributed by atoms with Gasteiger partial charge in [-0.3, -0.25) is 0 Å². The number of hydrogen-bond acceptors (Lipinski definition) is 5. The Morgan fingerprint density at radius 1 is 0.913 bits per heavy atom. The molecule has 5 heteroatoms. The molecule has 0 unspecified atom stereocenters. The maximum absolute atomic E-state index is 4.44. The molecule has 1 aliphatic heterocycles. The van der Waals surface area contributed by atoms with Crippen molar-refractivity contribution in [3.8, 4) is 0 Å². The van der Waals surface area contributed by atoms with Crippen molar-refractivity contribution in [2.45, 2.75) is 13.8 Å². The molecule has 23 heavy (non-hydrogen) atoms. The van der Waals surface area contributed by atoms with E-state index in [-0.39, 0.29) is 0 Å². The molecule has 2 aromatic rings. The quantitative estimate of drug-likeness (QED) is 0.870. The lowest BCUT2D eigenvalue weighted by atomic mass is 10.1. The van der Waals surface area contributed by atoms with Gasteiger partial charge in [0.1, 0.15) is 18.0 Å². The van der Waals surface area contributed by atoms with E-state index in [9.17, 15) is 0 Å². The van der Waals surface area contributed by atoms with Gasteiger partial charge >= 0.3 is 0 Å². The molecule has 1 aliphatic rings. The van der Waals surface area contributed by atoms with E-state index in [2.05, 4.69) is 57.9 Å². The highest BCUT2D eigenvalue weighted by atomic mass is 15.3. The second-order valence-corrected chi connectivity index (χ2v) is 6.39. The molecule has 0 radical (unpaired) electrons. The zero-order valence-electron chi connectivity index (χ0n) is 14.5. The van der Waals surface area contributed by atoms with Crippen LogP contribution in [0.2, 0.25) is 0 Å². The number of piperazine rings is 1. The summed E-state index contributed by atoms with van der Waals surface area (Å²) in [6.45, 7) is 8.35. The number of aromatic nitrogens is 2. The van der Waals surface area contributed by atoms with Crippen molar-refractivity contribution in [3.63, 3.8) is 0 Å². The molecule has 0 aliphatic carbocycles. The summed E-state index contributed by atoms with van der Waals surface area (Å²) in [5, 5.41) is 0. The highest BCUT2D eigenvalue weighted by Gasteiger charge is 2.20. The van der Waals surface area contributed by atoms with E-state index in [1.165, 1.54) is 16.8 Å². The minimum Gasteiger partial charge on any atom is -0.368 e. The Labute approximate surface area is 138 Å². The molecule has 0 amide bonds. The van der Waals surface area contributed by atoms with Crippen LogP contribution in [0.1, 0.15) is 11.1 Å². The van der Waals surface area contributed by atoms with Crippen LogP contribution in [-0.4, -0.2) is 50.2 Å². The van der Waals surface area contributed by atoms with Crippen molar-refractivity contribution >= 4 is 17.3 Å². The standard InChI is InChI=1S/C18H25N5/c1-14-5-6-15(2)16(11-14)22-7-9-23(10-8-22)18-12-17(21(3)4)19-13-20-18/h5-6,11-13H,7-10H2,1-4H3. The van der Waals surface area contributed by atoms with Crippen LogP contribution in [0.3, 0.4) is 0 Å². The summed E-state index contributed by atoms with van der Waals surface area (Å²) < 4.78 is 0. The molecular formula is C18H25N5. The third kappa shape index (κ3) is 3.38. The zero-order valence-corrected chi connectivity index (χ0v) is 14.5. The third-order valence-electron chi connectivity index (χ3n) is 4.41. The lowest BCUT2D eigenvalue weighted by molar-refractivity contribution is 0.645. The first-order valence-electron chi connectivity index (χ1n) is 8.11. The van der Waals surface area contributed by atoms with Gasteiger partial charge in [0, 0.05) is 52.0 Å². The van der Waals surface area contributed by atoms with Gasteiger partial charge in [-0.2, -0.15) is 0 Å². The van der Waals surface area contributed by atoms with Gasteiger partial charge in [0.2, 0.25) is 0 Å². The van der Waals surface area contributed by atoms with Crippen molar-refractivity contribution in [2.75, 3.05) is 55.0 Å². The van der Waals surface area contributed by atoms with Gasteiger partial charge in [-0.15, -0.1) is 0 Å². The van der Waals surface area contributed by atoms with E-state index in [1.807, 2.05) is 19.0 Å². The number of benzene rings is 1. The lowest BCUT2D eigenvalue weighted by Crippen LogP contribution is -2.47. The minimum atomic E-state index is 0.951. The maximum atomic E-state index is 4.44. The molecule has 0 atom stereocenters. The van der Waals surface area contributed by atoms with Crippen LogP contribution in [0.4, 0.5) is 17.3 Å². The highest BCUT2D eigenvalue weighted by Crippen LogP contribution is 2.24. The topological polar surface area (TPSA) is 35.5 Å². The fourth-order valence-electron chi connectivity index (χ4n) is 2.99. The number of aryl methyl sites for hydroxylation is 2. The second kappa shape index (κ2) is 6.44. The van der Waals surface area contributed by atoms with Gasteiger partial charge in [-0.1, -0.05) is 12.1 Å². The van der Waals surface area contributed by atoms with E-state index in [4.69, 9.17) is 0 Å². The Morgan fingerprint density at radius 2 is 1.61 bits per heavy atom. The van der Waals surface area contributed by atoms with Gasteiger partial charge in [-0.05, 0) is 31.0 Å². The molecule has 0 saturated carbocycles. The van der Waals surface area contributed by atoms with Crippen molar-refractivity contribution in [1.82, 2.24) is 9.97 Å². The molecule has 122 valence electrons. The Kier molecular flexibility index (Phi) is 4.37. The Balaban J connectivity index is 1.71. The molecule has 5 nitrogen and oxygen atoms in total. The fourth-order valence-corrected chi connectivity index (χ4v) is 2.99. The van der Waals surface area contributed by atoms with Crippen molar-refractivity contribution in [1.29, 1.82) is 0 Å². The highest BCUT2D eigenvalue weighted by molar-refractivity contribution is 5.57. The van der Waals surface area contributed by atoms with Crippen molar-refractivity contribution in [2.24, 2.45) is 0 Å². The smallest absolute Gasteiger partial charge is 0.134 e. The summed E-state index contributed by atoms with van der Waals surface area (Å²) in [4.78, 5) is 15.6. The van der Waals surface area contributed by atoms with E-state index in [1.54, 1.807) is 6.33 Å². The normalized spacial score (nSPS) is 15.0. The van der Waals surface area contributed by atoms with Crippen LogP contribution in [0.5, 0.6) is 0 Å². The van der Waals surface area contributed by atoms with Crippen molar-refractivity contribution in [3.05, 3.63) is 41.7 Å². The van der Waals surface area contributed by atoms with E-state index in [0.717, 1.165) is 37.8 Å². The molecule has 1 aromatic carbocycles. The molecular weight excluding hydrogens is 286 g/mol. The summed E-state index contributed by atoms with van der Waals surface area (Å²) in [5.41, 5.74) is 4.03. The fraction of sp³-hybridized carbons (Fsp3) is 0.444. The van der Waals surface area contributed by atoms with Crippen LogP contribution in [0, 0.1) is 13.8 Å². The van der Waals surface area contributed by atoms with E-state index < -0.39 is 0 Å². The first kappa shape index (κ1) is 15.6. The first-order chi connectivity index (χ1) is 11.0. The molecule has 1 saturated heterocycles. The van der Waals surface area contributed by atoms with Crippen LogP contribution >= 0.6 is 0 Å². The average molecular weight is 311 g/mol. The molecule has 2 heterocycles. The van der Waals surface area contributed by atoms with Gasteiger partial charge < -0.3 is 14.7 Å². The molecule has 0 spiro atoms. The van der Waals surface area contributed by atoms with Gasteiger partial charge in [-0.25, -0.2) is 9.97 Å². The Morgan fingerprint density at radius 3 is 2.30 bits per heavy atom. The zero-order chi connectivity index (χ0) is 16.4.